The van der Waals surface area contributed by atoms with Crippen molar-refractivity contribution in [1.29, 1.82) is 0 Å². The number of fused-ring (bicyclic) bond motifs is 1. The van der Waals surface area contributed by atoms with Gasteiger partial charge in [0, 0.05) is 28.8 Å². The molecule has 0 amide bonds. The van der Waals surface area contributed by atoms with Gasteiger partial charge in [0.2, 0.25) is 0 Å². The Kier molecular flexibility index (Phi) is 8.01. The number of allylic oxidation sites excluding steroid dienone is 1. The Morgan fingerprint density at radius 1 is 1.19 bits per heavy atom. The van der Waals surface area contributed by atoms with Gasteiger partial charge in [-0.2, -0.15) is 0 Å². The maximum absolute atomic E-state index is 13.9. The first kappa shape index (κ1) is 28.8. The average molecular weight is 610 g/mol. The third-order valence-corrected chi connectivity index (χ3v) is 7.79. The fraction of sp³-hybridized carbons (Fsp3) is 0.207. The van der Waals surface area contributed by atoms with Gasteiger partial charge in [-0.15, -0.1) is 0 Å². The van der Waals surface area contributed by atoms with Gasteiger partial charge in [-0.1, -0.05) is 22.9 Å². The minimum atomic E-state index is -0.896. The Morgan fingerprint density at radius 3 is 2.67 bits per heavy atom. The maximum Gasteiger partial charge on any atom is 0.338 e. The number of halogens is 1. The van der Waals surface area contributed by atoms with Gasteiger partial charge in [0.1, 0.15) is 29.1 Å². The fourth-order valence-electron chi connectivity index (χ4n) is 4.70. The Bertz CT molecular complexity index is 1940. The molecule has 5 rings (SSSR count). The Morgan fingerprint density at radius 2 is 1.98 bits per heavy atom. The van der Waals surface area contributed by atoms with E-state index in [1.807, 2.05) is 0 Å². The van der Waals surface area contributed by atoms with Crippen molar-refractivity contribution in [1.82, 2.24) is 4.57 Å². The summed E-state index contributed by atoms with van der Waals surface area (Å²) < 4.78 is 23.9. The number of hydrogen-bond acceptors (Lipinski definition) is 10. The number of rotatable bonds is 8. The zero-order valence-electron chi connectivity index (χ0n) is 22.9. The summed E-state index contributed by atoms with van der Waals surface area (Å²) in [6.07, 6.45) is 1.53. The van der Waals surface area contributed by atoms with Gasteiger partial charge < -0.3 is 18.6 Å². The molecule has 0 fully saturated rings. The van der Waals surface area contributed by atoms with Gasteiger partial charge in [-0.25, -0.2) is 9.79 Å². The number of methoxy groups -OCH3 is 2. The Balaban J connectivity index is 1.67. The lowest BCUT2D eigenvalue weighted by Gasteiger charge is -2.26. The summed E-state index contributed by atoms with van der Waals surface area (Å²) in [4.78, 5) is 43.0. The maximum atomic E-state index is 13.9. The molecule has 0 spiro atoms. The van der Waals surface area contributed by atoms with E-state index in [1.165, 1.54) is 43.1 Å². The smallest absolute Gasteiger partial charge is 0.338 e. The lowest BCUT2D eigenvalue weighted by atomic mass is 9.95. The van der Waals surface area contributed by atoms with E-state index in [0.717, 1.165) is 11.3 Å². The molecule has 0 saturated heterocycles. The zero-order chi connectivity index (χ0) is 30.1. The third kappa shape index (κ3) is 5.21. The van der Waals surface area contributed by atoms with Crippen LogP contribution in [0.5, 0.6) is 11.5 Å². The molecule has 2 aromatic carbocycles. The largest absolute Gasteiger partial charge is 0.497 e. The van der Waals surface area contributed by atoms with E-state index in [0.29, 0.717) is 33.3 Å². The zero-order valence-corrected chi connectivity index (χ0v) is 24.4. The standard InChI is InChI=1S/C29H24ClN3O8S/c1-5-40-28(35)25-15(2)31-29-32(26(25)20-10-7-17(38-3)13-23(20)39-4)27(34)24(42-29)14-18-8-11-22(41-18)19-9-6-16(30)12-21(19)33(36)37/h6-14,26H,5H2,1-4H3/b24-14-/t26-/m1/s1. The summed E-state index contributed by atoms with van der Waals surface area (Å²) in [6.45, 7) is 3.52. The SMILES string of the molecule is CCOC(=O)C1=C(C)N=c2s/c(=C\c3ccc(-c4ccc(Cl)cc4[N+](=O)[O-])o3)c(=O)n2[C@@H]1c1ccc(OC)cc1OC. The van der Waals surface area contributed by atoms with E-state index in [1.54, 1.807) is 44.2 Å². The van der Waals surface area contributed by atoms with Crippen molar-refractivity contribution in [2.75, 3.05) is 20.8 Å². The van der Waals surface area contributed by atoms with Crippen LogP contribution in [0.4, 0.5) is 5.69 Å². The molecular formula is C29H24ClN3O8S. The molecule has 0 aliphatic carbocycles. The minimum absolute atomic E-state index is 0.138. The van der Waals surface area contributed by atoms with Crippen molar-refractivity contribution in [3.8, 4) is 22.8 Å². The van der Waals surface area contributed by atoms with E-state index >= 15 is 0 Å². The van der Waals surface area contributed by atoms with Crippen LogP contribution in [0.2, 0.25) is 5.02 Å². The number of thiazole rings is 1. The molecule has 11 nitrogen and oxygen atoms in total. The number of ether oxygens (including phenoxy) is 3. The Hall–Kier alpha value is -4.68. The van der Waals surface area contributed by atoms with Gasteiger partial charge >= 0.3 is 5.97 Å². The lowest BCUT2D eigenvalue weighted by Crippen LogP contribution is -2.40. The molecule has 3 heterocycles. The molecule has 0 bridgehead atoms. The predicted molar refractivity (Wildman–Crippen MR) is 156 cm³/mol. The number of hydrogen-bond donors (Lipinski definition) is 0. The average Bonchev–Trinajstić information content (AvgIpc) is 3.55. The molecular weight excluding hydrogens is 586 g/mol. The number of nitro groups is 1. The van der Waals surface area contributed by atoms with E-state index in [9.17, 15) is 19.7 Å². The molecule has 0 radical (unpaired) electrons. The topological polar surface area (TPSA) is 135 Å². The molecule has 2 aromatic heterocycles. The second-order valence-electron chi connectivity index (χ2n) is 9.03. The molecule has 1 aliphatic rings. The van der Waals surface area contributed by atoms with E-state index in [4.69, 9.17) is 30.2 Å². The van der Waals surface area contributed by atoms with Crippen LogP contribution in [0.1, 0.15) is 31.2 Å². The lowest BCUT2D eigenvalue weighted by molar-refractivity contribution is -0.384. The first-order valence-corrected chi connectivity index (χ1v) is 13.8. The van der Waals surface area contributed by atoms with Crippen LogP contribution in [0, 0.1) is 10.1 Å². The van der Waals surface area contributed by atoms with Crippen LogP contribution in [0.3, 0.4) is 0 Å². The van der Waals surface area contributed by atoms with Gasteiger partial charge in [0.25, 0.3) is 11.2 Å². The second-order valence-corrected chi connectivity index (χ2v) is 10.5. The van der Waals surface area contributed by atoms with E-state index in [2.05, 4.69) is 4.99 Å². The number of furan rings is 1. The van der Waals surface area contributed by atoms with E-state index < -0.39 is 22.5 Å². The number of carbonyl (C=O) groups excluding carboxylic acids is 1. The molecule has 0 unspecified atom stereocenters. The summed E-state index contributed by atoms with van der Waals surface area (Å²) in [5, 5.41) is 11.8. The highest BCUT2D eigenvalue weighted by Gasteiger charge is 2.35. The number of aromatic nitrogens is 1. The van der Waals surface area contributed by atoms with Gasteiger partial charge in [0.05, 0.1) is 47.1 Å². The van der Waals surface area contributed by atoms with Gasteiger partial charge in [0.15, 0.2) is 4.80 Å². The summed E-state index contributed by atoms with van der Waals surface area (Å²) in [6, 6.07) is 11.7. The van der Waals surface area contributed by atoms with Crippen molar-refractivity contribution < 1.29 is 28.3 Å². The van der Waals surface area contributed by atoms with Crippen LogP contribution in [-0.4, -0.2) is 36.3 Å². The first-order chi connectivity index (χ1) is 20.2. The summed E-state index contributed by atoms with van der Waals surface area (Å²) in [5.74, 6) is 0.871. The molecule has 1 aliphatic heterocycles. The minimum Gasteiger partial charge on any atom is -0.497 e. The van der Waals surface area contributed by atoms with Crippen LogP contribution < -0.4 is 24.4 Å². The van der Waals surface area contributed by atoms with E-state index in [-0.39, 0.29) is 38.7 Å². The summed E-state index contributed by atoms with van der Waals surface area (Å²) in [5.41, 5.74) is 0.754. The quantitative estimate of drug-likeness (QED) is 0.160. The molecule has 42 heavy (non-hydrogen) atoms. The normalized spacial score (nSPS) is 14.8. The predicted octanol–water partition coefficient (Wildman–Crippen LogP) is 4.64. The Labute approximate surface area is 247 Å². The van der Waals surface area contributed by atoms with Gasteiger partial charge in [-0.3, -0.25) is 19.5 Å². The van der Waals surface area contributed by atoms with Crippen molar-refractivity contribution in [3.63, 3.8) is 0 Å². The van der Waals surface area contributed by atoms with Crippen LogP contribution in [0.25, 0.3) is 17.4 Å². The van der Waals surface area contributed by atoms with Crippen molar-refractivity contribution in [2.45, 2.75) is 19.9 Å². The van der Waals surface area contributed by atoms with Crippen molar-refractivity contribution >= 4 is 40.7 Å². The molecule has 0 N–H and O–H groups in total. The van der Waals surface area contributed by atoms with Crippen LogP contribution in [0.15, 0.2) is 74.0 Å². The molecule has 1 atom stereocenters. The van der Waals surface area contributed by atoms with Crippen molar-refractivity contribution in [3.05, 3.63) is 106 Å². The van der Waals surface area contributed by atoms with Crippen molar-refractivity contribution in [2.24, 2.45) is 4.99 Å². The number of benzene rings is 2. The summed E-state index contributed by atoms with van der Waals surface area (Å²) in [7, 11) is 3.01. The molecule has 0 saturated carbocycles. The molecule has 13 heteroatoms. The number of carbonyl (C=O) groups is 1. The second kappa shape index (κ2) is 11.7. The fourth-order valence-corrected chi connectivity index (χ4v) is 5.89. The third-order valence-electron chi connectivity index (χ3n) is 6.57. The molecule has 4 aromatic rings. The monoisotopic (exact) mass is 609 g/mol. The highest BCUT2D eigenvalue weighted by molar-refractivity contribution is 7.07. The highest BCUT2D eigenvalue weighted by Crippen LogP contribution is 2.38. The number of nitro benzene ring substituents is 1. The number of esters is 1. The summed E-state index contributed by atoms with van der Waals surface area (Å²) >= 11 is 7.06. The van der Waals surface area contributed by atoms with Crippen LogP contribution in [-0.2, 0) is 9.53 Å². The molecule has 216 valence electrons. The van der Waals surface area contributed by atoms with Crippen LogP contribution >= 0.6 is 22.9 Å². The van der Waals surface area contributed by atoms with Gasteiger partial charge in [-0.05, 0) is 50.2 Å². The number of nitrogens with zero attached hydrogens (tertiary/aromatic N) is 3. The first-order valence-electron chi connectivity index (χ1n) is 12.6. The highest BCUT2D eigenvalue weighted by atomic mass is 35.5.